The lowest BCUT2D eigenvalue weighted by molar-refractivity contribution is 0.266. The Hall–Kier alpha value is -1.47. The van der Waals surface area contributed by atoms with E-state index in [4.69, 9.17) is 5.26 Å². The van der Waals surface area contributed by atoms with Crippen LogP contribution in [0.3, 0.4) is 0 Å². The summed E-state index contributed by atoms with van der Waals surface area (Å²) >= 11 is 3.70. The van der Waals surface area contributed by atoms with Crippen molar-refractivity contribution >= 4 is 23.6 Å². The van der Waals surface area contributed by atoms with Gasteiger partial charge in [-0.1, -0.05) is 30.3 Å². The molecule has 0 aliphatic carbocycles. The lowest BCUT2D eigenvalue weighted by Crippen LogP contribution is -2.25. The van der Waals surface area contributed by atoms with Crippen LogP contribution < -0.4 is 4.90 Å². The predicted octanol–water partition coefficient (Wildman–Crippen LogP) is 2.37. The first-order valence-corrected chi connectivity index (χ1v) is 4.54. The number of aryl methyl sites for hydroxylation is 1. The predicted molar refractivity (Wildman–Crippen MR) is 58.5 cm³/mol. The van der Waals surface area contributed by atoms with Gasteiger partial charge in [-0.2, -0.15) is 5.26 Å². The summed E-state index contributed by atoms with van der Waals surface area (Å²) in [6.45, 7) is 1.98. The van der Waals surface area contributed by atoms with E-state index in [0.717, 1.165) is 5.56 Å². The fourth-order valence-corrected chi connectivity index (χ4v) is 1.25. The van der Waals surface area contributed by atoms with Gasteiger partial charge in [0.2, 0.25) is 0 Å². The molecular weight excluding hydrogens is 196 g/mol. The van der Waals surface area contributed by atoms with Gasteiger partial charge < -0.3 is 0 Å². The number of benzene rings is 1. The number of rotatable bonds is 2. The number of nitrogens with zero attached hydrogens (tertiary/aromatic N) is 2. The number of nitriles is 1. The quantitative estimate of drug-likeness (QED) is 0.596. The summed E-state index contributed by atoms with van der Waals surface area (Å²) in [4.78, 5) is 12.4. The molecule has 0 aliphatic heterocycles. The number of carbonyl (C=O) groups excluding carboxylic acids is 1. The third-order valence-corrected chi connectivity index (χ3v) is 2.05. The highest BCUT2D eigenvalue weighted by Gasteiger charge is 2.10. The standard InChI is InChI=1S/C10H10N2OS/c1-8-2-4-9(5-3-8)12(7-6-11)10(13)14/h2-5H,7H2,1H3,(H,13,14). The lowest BCUT2D eigenvalue weighted by Gasteiger charge is -2.16. The van der Waals surface area contributed by atoms with Crippen LogP contribution in [0.2, 0.25) is 0 Å². The molecule has 72 valence electrons. The minimum Gasteiger partial charge on any atom is -0.290 e. The van der Waals surface area contributed by atoms with Crippen LogP contribution in [-0.4, -0.2) is 11.8 Å². The van der Waals surface area contributed by atoms with Gasteiger partial charge in [0.25, 0.3) is 5.24 Å². The van der Waals surface area contributed by atoms with Gasteiger partial charge in [0, 0.05) is 5.69 Å². The summed E-state index contributed by atoms with van der Waals surface area (Å²) < 4.78 is 0. The Morgan fingerprint density at radius 1 is 1.50 bits per heavy atom. The van der Waals surface area contributed by atoms with E-state index in [1.165, 1.54) is 4.90 Å². The highest BCUT2D eigenvalue weighted by molar-refractivity contribution is 7.96. The van der Waals surface area contributed by atoms with Crippen LogP contribution in [0.5, 0.6) is 0 Å². The number of thiol groups is 1. The molecule has 0 bridgehead atoms. The molecule has 4 heteroatoms. The van der Waals surface area contributed by atoms with E-state index < -0.39 is 5.24 Å². The second-order valence-electron chi connectivity index (χ2n) is 2.86. The van der Waals surface area contributed by atoms with Gasteiger partial charge in [-0.25, -0.2) is 0 Å². The molecule has 1 aromatic rings. The molecule has 0 radical (unpaired) electrons. The Bertz CT molecular complexity index is 367. The van der Waals surface area contributed by atoms with Crippen molar-refractivity contribution in [3.8, 4) is 6.07 Å². The Kier molecular flexibility index (Phi) is 3.55. The summed E-state index contributed by atoms with van der Waals surface area (Å²) in [6.07, 6.45) is 0. The molecule has 0 aliphatic rings. The maximum Gasteiger partial charge on any atom is 0.283 e. The van der Waals surface area contributed by atoms with Crippen molar-refractivity contribution in [1.82, 2.24) is 0 Å². The molecule has 0 saturated carbocycles. The van der Waals surface area contributed by atoms with Crippen molar-refractivity contribution in [3.05, 3.63) is 29.8 Å². The van der Waals surface area contributed by atoms with Crippen molar-refractivity contribution in [2.24, 2.45) is 0 Å². The number of hydrogen-bond donors (Lipinski definition) is 1. The fraction of sp³-hybridized carbons (Fsp3) is 0.200. The van der Waals surface area contributed by atoms with Gasteiger partial charge in [-0.3, -0.25) is 9.69 Å². The molecule has 1 rings (SSSR count). The van der Waals surface area contributed by atoms with E-state index >= 15 is 0 Å². The molecule has 0 heterocycles. The van der Waals surface area contributed by atoms with E-state index in [-0.39, 0.29) is 6.54 Å². The third-order valence-electron chi connectivity index (χ3n) is 1.81. The molecule has 0 aromatic heterocycles. The Labute approximate surface area is 88.4 Å². The van der Waals surface area contributed by atoms with E-state index in [1.54, 1.807) is 12.1 Å². The van der Waals surface area contributed by atoms with E-state index in [9.17, 15) is 4.79 Å². The van der Waals surface area contributed by atoms with Gasteiger partial charge >= 0.3 is 0 Å². The number of amides is 1. The van der Waals surface area contributed by atoms with Crippen molar-refractivity contribution in [1.29, 1.82) is 5.26 Å². The van der Waals surface area contributed by atoms with Crippen LogP contribution in [0.1, 0.15) is 5.56 Å². The second-order valence-corrected chi connectivity index (χ2v) is 3.24. The van der Waals surface area contributed by atoms with Gasteiger partial charge in [0.05, 0.1) is 6.07 Å². The molecule has 0 saturated heterocycles. The highest BCUT2D eigenvalue weighted by Crippen LogP contribution is 2.16. The van der Waals surface area contributed by atoms with Crippen LogP contribution in [0.15, 0.2) is 24.3 Å². The normalized spacial score (nSPS) is 9.21. The van der Waals surface area contributed by atoms with Crippen molar-refractivity contribution in [2.45, 2.75) is 6.92 Å². The SMILES string of the molecule is Cc1ccc(N(CC#N)C(=O)S)cc1. The fourth-order valence-electron chi connectivity index (χ4n) is 1.06. The van der Waals surface area contributed by atoms with Crippen molar-refractivity contribution < 1.29 is 4.79 Å². The summed E-state index contributed by atoms with van der Waals surface area (Å²) in [5.74, 6) is 0. The van der Waals surface area contributed by atoms with Gasteiger partial charge in [0.15, 0.2) is 0 Å². The summed E-state index contributed by atoms with van der Waals surface area (Å²) in [5, 5.41) is 8.10. The molecule has 0 spiro atoms. The second kappa shape index (κ2) is 4.68. The summed E-state index contributed by atoms with van der Waals surface area (Å²) in [7, 11) is 0. The Morgan fingerprint density at radius 3 is 2.50 bits per heavy atom. The topological polar surface area (TPSA) is 44.1 Å². The minimum absolute atomic E-state index is 0.0192. The molecule has 0 unspecified atom stereocenters. The highest BCUT2D eigenvalue weighted by atomic mass is 32.1. The van der Waals surface area contributed by atoms with Crippen molar-refractivity contribution in [2.75, 3.05) is 11.4 Å². The van der Waals surface area contributed by atoms with Crippen LogP contribution in [0.25, 0.3) is 0 Å². The zero-order valence-corrected chi connectivity index (χ0v) is 8.66. The first kappa shape index (κ1) is 10.6. The van der Waals surface area contributed by atoms with Gasteiger partial charge in [-0.15, -0.1) is 0 Å². The molecule has 0 atom stereocenters. The lowest BCUT2D eigenvalue weighted by atomic mass is 10.2. The number of anilines is 1. The van der Waals surface area contributed by atoms with Crippen molar-refractivity contribution in [3.63, 3.8) is 0 Å². The largest absolute Gasteiger partial charge is 0.290 e. The molecule has 1 amide bonds. The zero-order valence-electron chi connectivity index (χ0n) is 7.77. The molecular formula is C10H10N2OS. The zero-order chi connectivity index (χ0) is 10.6. The number of carbonyl (C=O) groups is 1. The maximum atomic E-state index is 11.1. The van der Waals surface area contributed by atoms with Crippen LogP contribution in [0.4, 0.5) is 10.5 Å². The number of hydrogen-bond acceptors (Lipinski definition) is 2. The Balaban J connectivity index is 2.95. The van der Waals surface area contributed by atoms with Gasteiger partial charge in [0.1, 0.15) is 6.54 Å². The minimum atomic E-state index is -0.421. The monoisotopic (exact) mass is 206 g/mol. The van der Waals surface area contributed by atoms with E-state index in [1.807, 2.05) is 25.1 Å². The first-order valence-electron chi connectivity index (χ1n) is 4.09. The first-order chi connectivity index (χ1) is 6.65. The third kappa shape index (κ3) is 2.51. The smallest absolute Gasteiger partial charge is 0.283 e. The molecule has 3 nitrogen and oxygen atoms in total. The maximum absolute atomic E-state index is 11.1. The average molecular weight is 206 g/mol. The van der Waals surface area contributed by atoms with Crippen LogP contribution in [-0.2, 0) is 0 Å². The average Bonchev–Trinajstić information content (AvgIpc) is 2.15. The molecule has 14 heavy (non-hydrogen) atoms. The van der Waals surface area contributed by atoms with Gasteiger partial charge in [-0.05, 0) is 19.1 Å². The molecule has 0 N–H and O–H groups in total. The van der Waals surface area contributed by atoms with E-state index in [0.29, 0.717) is 5.69 Å². The Morgan fingerprint density at radius 2 is 2.07 bits per heavy atom. The summed E-state index contributed by atoms with van der Waals surface area (Å²) in [6, 6.07) is 9.27. The molecule has 0 fully saturated rings. The van der Waals surface area contributed by atoms with E-state index in [2.05, 4.69) is 12.6 Å². The molecule has 1 aromatic carbocycles. The van der Waals surface area contributed by atoms with Crippen LogP contribution in [0, 0.1) is 18.3 Å². The summed E-state index contributed by atoms with van der Waals surface area (Å²) in [5.41, 5.74) is 1.80. The van der Waals surface area contributed by atoms with Crippen LogP contribution >= 0.6 is 12.6 Å².